The molecule has 3 aliphatic heterocycles. The van der Waals surface area contributed by atoms with Crippen molar-refractivity contribution in [1.82, 2.24) is 4.90 Å². The van der Waals surface area contributed by atoms with Gasteiger partial charge < -0.3 is 43.9 Å². The van der Waals surface area contributed by atoms with Crippen LogP contribution in [0.5, 0.6) is 0 Å². The van der Waals surface area contributed by atoms with Gasteiger partial charge in [-0.1, -0.05) is 71.1 Å². The highest BCUT2D eigenvalue weighted by Gasteiger charge is 2.53. The van der Waals surface area contributed by atoms with E-state index in [9.17, 15) is 39.3 Å². The first-order valence-electron chi connectivity index (χ1n) is 23.9. The minimum Gasteiger partial charge on any atom is -0.460 e. The van der Waals surface area contributed by atoms with Gasteiger partial charge in [-0.2, -0.15) is 0 Å². The van der Waals surface area contributed by atoms with Gasteiger partial charge in [-0.05, 0) is 107 Å². The maximum absolute atomic E-state index is 14.4. The molecule has 1 saturated carbocycles. The minimum absolute atomic E-state index is 0.0193. The SMILES string of the molecule is COC1CC2CCC(C)[C@@](O)(O2)C(=O)C(=O)N2CCCCC2C(=O)OC(C(C)CC2CCC(O)C(OC)C2)CC(=O)C(C)C=C(C)C(O)C(OC)C(=O)C(C)CC(C)C=CC=CC=C1C. The first kappa shape index (κ1) is 54.2. The molecule has 0 spiro atoms. The molecule has 14 heteroatoms. The number of carbonyl (C=O) groups excluding carboxylic acids is 5. The molecular weight excluding hydrogens is 835 g/mol. The standard InChI is InChI=1S/C51H79NO13/c1-30-16-12-11-13-17-31(2)42(61-8)28-38-21-19-36(7)51(60,65-38)48(57)49(58)52-23-15-14-18-39(52)50(59)64-43(33(4)26-37-20-22-40(53)44(27-37)62-9)29-41(54)32(3)25-35(6)46(56)47(63-10)45(55)34(5)24-30/h11-13,16-17,25,30,32-34,36-40,42-44,46-47,53,56,60H,14-15,18-24,26-29H2,1-10H3/t30?,32?,33?,34?,36?,37?,38?,39?,40?,42?,43?,44?,46?,47?,51-/m1/s1. The van der Waals surface area contributed by atoms with Crippen molar-refractivity contribution in [2.24, 2.45) is 35.5 Å². The van der Waals surface area contributed by atoms with Gasteiger partial charge in [-0.25, -0.2) is 4.79 Å². The molecule has 0 radical (unpaired) electrons. The van der Waals surface area contributed by atoms with E-state index in [4.69, 9.17) is 23.7 Å². The van der Waals surface area contributed by atoms with Crippen molar-refractivity contribution in [2.75, 3.05) is 27.9 Å². The summed E-state index contributed by atoms with van der Waals surface area (Å²) in [6.45, 7) is 12.7. The zero-order valence-corrected chi connectivity index (χ0v) is 40.6. The molecule has 4 rings (SSSR count). The topological polar surface area (TPSA) is 195 Å². The second kappa shape index (κ2) is 25.1. The molecule has 3 fully saturated rings. The number of methoxy groups -OCH3 is 3. The first-order chi connectivity index (χ1) is 30.7. The van der Waals surface area contributed by atoms with Crippen LogP contribution < -0.4 is 0 Å². The van der Waals surface area contributed by atoms with E-state index in [-0.39, 0.29) is 54.8 Å². The maximum atomic E-state index is 14.4. The molecule has 3 heterocycles. The van der Waals surface area contributed by atoms with E-state index < -0.39 is 83.9 Å². The van der Waals surface area contributed by atoms with Gasteiger partial charge in [0.15, 0.2) is 5.78 Å². The Labute approximate surface area is 387 Å². The number of aliphatic hydroxyl groups is 3. The van der Waals surface area contributed by atoms with Crippen molar-refractivity contribution < 1.29 is 63.0 Å². The average Bonchev–Trinajstić information content (AvgIpc) is 3.28. The number of carbonyl (C=O) groups is 5. The predicted molar refractivity (Wildman–Crippen MR) is 245 cm³/mol. The van der Waals surface area contributed by atoms with Crippen LogP contribution in [0.25, 0.3) is 0 Å². The molecule has 2 bridgehead atoms. The third-order valence-electron chi connectivity index (χ3n) is 14.5. The third-order valence-corrected chi connectivity index (χ3v) is 14.5. The number of nitrogens with zero attached hydrogens (tertiary/aromatic N) is 1. The molecular formula is C51H79NO13. The number of fused-ring (bicyclic) bond motifs is 3. The Morgan fingerprint density at radius 3 is 2.25 bits per heavy atom. The molecule has 366 valence electrons. The largest absolute Gasteiger partial charge is 0.460 e. The van der Waals surface area contributed by atoms with Gasteiger partial charge in [-0.3, -0.25) is 19.2 Å². The highest BCUT2D eigenvalue weighted by Crippen LogP contribution is 2.38. The second-order valence-electron chi connectivity index (χ2n) is 19.6. The van der Waals surface area contributed by atoms with E-state index in [2.05, 4.69) is 0 Å². The average molecular weight is 914 g/mol. The fraction of sp³-hybridized carbons (Fsp3) is 0.745. The van der Waals surface area contributed by atoms with E-state index in [0.29, 0.717) is 63.4 Å². The summed E-state index contributed by atoms with van der Waals surface area (Å²) in [7, 11) is 4.52. The maximum Gasteiger partial charge on any atom is 0.329 e. The van der Waals surface area contributed by atoms with Gasteiger partial charge in [0.25, 0.3) is 11.7 Å². The lowest BCUT2D eigenvalue weighted by Gasteiger charge is -2.42. The Kier molecular flexibility index (Phi) is 21.0. The van der Waals surface area contributed by atoms with Gasteiger partial charge in [0.1, 0.15) is 30.1 Å². The normalized spacial score (nSPS) is 37.8. The fourth-order valence-corrected chi connectivity index (χ4v) is 10.1. The van der Waals surface area contributed by atoms with Gasteiger partial charge in [-0.15, -0.1) is 0 Å². The molecule has 1 aliphatic carbocycles. The van der Waals surface area contributed by atoms with Crippen LogP contribution in [0.4, 0.5) is 0 Å². The summed E-state index contributed by atoms with van der Waals surface area (Å²) < 4.78 is 29.4. The number of cyclic esters (lactones) is 1. The Morgan fingerprint density at radius 1 is 0.846 bits per heavy atom. The molecule has 2 saturated heterocycles. The third kappa shape index (κ3) is 14.3. The highest BCUT2D eigenvalue weighted by atomic mass is 16.6. The number of amides is 1. The van der Waals surface area contributed by atoms with Crippen LogP contribution in [-0.2, 0) is 47.7 Å². The summed E-state index contributed by atoms with van der Waals surface area (Å²) in [5, 5.41) is 33.8. The zero-order chi connectivity index (χ0) is 48.2. The summed E-state index contributed by atoms with van der Waals surface area (Å²) in [5.74, 6) is -7.96. The monoisotopic (exact) mass is 914 g/mol. The number of ether oxygens (including phenoxy) is 5. The lowest BCUT2D eigenvalue weighted by Crippen LogP contribution is -2.61. The van der Waals surface area contributed by atoms with Crippen LogP contribution in [0.15, 0.2) is 47.6 Å². The zero-order valence-electron chi connectivity index (χ0n) is 40.6. The Hall–Kier alpha value is -3.37. The number of hydrogen-bond donors (Lipinski definition) is 3. The molecule has 14 unspecified atom stereocenters. The van der Waals surface area contributed by atoms with Crippen LogP contribution in [0.3, 0.4) is 0 Å². The van der Waals surface area contributed by atoms with Crippen molar-refractivity contribution in [3.05, 3.63) is 47.6 Å². The summed E-state index contributed by atoms with van der Waals surface area (Å²) >= 11 is 0. The summed E-state index contributed by atoms with van der Waals surface area (Å²) in [6.07, 6.45) is 11.2. The van der Waals surface area contributed by atoms with Gasteiger partial charge >= 0.3 is 5.97 Å². The van der Waals surface area contributed by atoms with Gasteiger partial charge in [0.2, 0.25) is 5.79 Å². The van der Waals surface area contributed by atoms with E-state index in [1.807, 2.05) is 58.1 Å². The number of ketones is 3. The summed E-state index contributed by atoms with van der Waals surface area (Å²) in [6, 6.07) is -1.14. The van der Waals surface area contributed by atoms with E-state index in [1.54, 1.807) is 41.1 Å². The Bertz CT molecular complexity index is 1760. The number of esters is 1. The van der Waals surface area contributed by atoms with Crippen LogP contribution in [-0.4, -0.2) is 132 Å². The minimum atomic E-state index is -2.43. The van der Waals surface area contributed by atoms with E-state index in [1.165, 1.54) is 12.0 Å². The number of Topliss-reactive ketones (excluding diaryl/α,β-unsaturated/α-hetero) is 3. The number of hydrogen-bond acceptors (Lipinski definition) is 13. The molecule has 14 nitrogen and oxygen atoms in total. The summed E-state index contributed by atoms with van der Waals surface area (Å²) in [4.78, 5) is 71.8. The smallest absolute Gasteiger partial charge is 0.329 e. The first-order valence-corrected chi connectivity index (χ1v) is 23.9. The highest BCUT2D eigenvalue weighted by molar-refractivity contribution is 6.39. The number of aliphatic hydroxyl groups excluding tert-OH is 2. The molecule has 0 aromatic rings. The molecule has 0 aromatic heterocycles. The lowest BCUT2D eigenvalue weighted by atomic mass is 9.78. The van der Waals surface area contributed by atoms with Crippen LogP contribution in [0.2, 0.25) is 0 Å². The van der Waals surface area contributed by atoms with Gasteiger partial charge in [0.05, 0.1) is 24.4 Å². The van der Waals surface area contributed by atoms with Crippen molar-refractivity contribution in [3.63, 3.8) is 0 Å². The molecule has 1 amide bonds. The van der Waals surface area contributed by atoms with Crippen LogP contribution >= 0.6 is 0 Å². The van der Waals surface area contributed by atoms with Crippen molar-refractivity contribution in [3.8, 4) is 0 Å². The molecule has 15 atom stereocenters. The van der Waals surface area contributed by atoms with Crippen molar-refractivity contribution >= 4 is 29.2 Å². The van der Waals surface area contributed by atoms with Crippen molar-refractivity contribution in [2.45, 2.75) is 180 Å². The Balaban J connectivity index is 1.70. The molecule has 3 N–H and O–H groups in total. The number of rotatable bonds is 6. The molecule has 4 aliphatic rings. The second-order valence-corrected chi connectivity index (χ2v) is 19.6. The Morgan fingerprint density at radius 2 is 1.57 bits per heavy atom. The molecule has 65 heavy (non-hydrogen) atoms. The van der Waals surface area contributed by atoms with E-state index in [0.717, 1.165) is 12.0 Å². The quantitative estimate of drug-likeness (QED) is 0.156. The van der Waals surface area contributed by atoms with Crippen molar-refractivity contribution in [1.29, 1.82) is 0 Å². The fourth-order valence-electron chi connectivity index (χ4n) is 10.1. The van der Waals surface area contributed by atoms with Crippen LogP contribution in [0, 0.1) is 35.5 Å². The molecule has 0 aromatic carbocycles. The summed E-state index contributed by atoms with van der Waals surface area (Å²) in [5.41, 5.74) is 1.27. The number of piperidine rings is 1. The van der Waals surface area contributed by atoms with E-state index >= 15 is 0 Å². The lowest BCUT2D eigenvalue weighted by molar-refractivity contribution is -0.265. The van der Waals surface area contributed by atoms with Crippen LogP contribution in [0.1, 0.15) is 126 Å². The predicted octanol–water partition coefficient (Wildman–Crippen LogP) is 6.18. The van der Waals surface area contributed by atoms with Gasteiger partial charge in [0, 0.05) is 58.5 Å². The number of allylic oxidation sites excluding steroid dienone is 6.